The fourth-order valence-corrected chi connectivity index (χ4v) is 2.70. The van der Waals surface area contributed by atoms with Gasteiger partial charge in [-0.15, -0.1) is 0 Å². The van der Waals surface area contributed by atoms with Gasteiger partial charge in [0, 0.05) is 19.7 Å². The maximum Gasteiger partial charge on any atom is 0.191 e. The van der Waals surface area contributed by atoms with Crippen LogP contribution in [0.1, 0.15) is 46.1 Å². The van der Waals surface area contributed by atoms with Gasteiger partial charge in [-0.1, -0.05) is 12.1 Å². The maximum atomic E-state index is 5.82. The summed E-state index contributed by atoms with van der Waals surface area (Å²) in [4.78, 5) is 4.66. The van der Waals surface area contributed by atoms with Gasteiger partial charge < -0.3 is 20.1 Å². The van der Waals surface area contributed by atoms with E-state index in [0.717, 1.165) is 49.8 Å². The third-order valence-corrected chi connectivity index (χ3v) is 3.99. The van der Waals surface area contributed by atoms with Crippen LogP contribution < -0.4 is 15.4 Å². The van der Waals surface area contributed by atoms with Crippen molar-refractivity contribution >= 4 is 5.96 Å². The molecule has 1 saturated heterocycles. The summed E-state index contributed by atoms with van der Waals surface area (Å²) in [5.41, 5.74) is 1.08. The van der Waals surface area contributed by atoms with E-state index in [9.17, 15) is 0 Å². The third kappa shape index (κ3) is 6.04. The Kier molecular flexibility index (Phi) is 6.91. The quantitative estimate of drug-likeness (QED) is 0.595. The van der Waals surface area contributed by atoms with Crippen LogP contribution >= 0.6 is 0 Å². The summed E-state index contributed by atoms with van der Waals surface area (Å²) in [5, 5.41) is 6.69. The summed E-state index contributed by atoms with van der Waals surface area (Å²) in [7, 11) is 0. The van der Waals surface area contributed by atoms with Crippen molar-refractivity contribution in [2.24, 2.45) is 4.99 Å². The van der Waals surface area contributed by atoms with E-state index in [1.807, 2.05) is 26.0 Å². The van der Waals surface area contributed by atoms with Gasteiger partial charge in [-0.3, -0.25) is 0 Å². The SMILES string of the molecule is CCNC(=NCc1ccc(OC(C)C)cc1)NCC1(C)CCCO1. The summed E-state index contributed by atoms with van der Waals surface area (Å²) in [6.45, 7) is 11.4. The lowest BCUT2D eigenvalue weighted by Crippen LogP contribution is -2.45. The van der Waals surface area contributed by atoms with E-state index in [0.29, 0.717) is 6.54 Å². The molecule has 0 aromatic heterocycles. The molecule has 2 rings (SSSR count). The van der Waals surface area contributed by atoms with E-state index in [2.05, 4.69) is 41.6 Å². The van der Waals surface area contributed by atoms with Crippen LogP contribution in [0.2, 0.25) is 0 Å². The lowest BCUT2D eigenvalue weighted by molar-refractivity contribution is 0.0243. The first-order chi connectivity index (χ1) is 11.5. The monoisotopic (exact) mass is 333 g/mol. The smallest absolute Gasteiger partial charge is 0.191 e. The van der Waals surface area contributed by atoms with Crippen molar-refractivity contribution in [1.82, 2.24) is 10.6 Å². The fourth-order valence-electron chi connectivity index (χ4n) is 2.70. The third-order valence-electron chi connectivity index (χ3n) is 3.99. The van der Waals surface area contributed by atoms with Gasteiger partial charge in [-0.25, -0.2) is 4.99 Å². The Morgan fingerprint density at radius 2 is 2.04 bits per heavy atom. The number of hydrogen-bond acceptors (Lipinski definition) is 3. The molecule has 1 aliphatic heterocycles. The van der Waals surface area contributed by atoms with Crippen molar-refractivity contribution in [2.75, 3.05) is 19.7 Å². The summed E-state index contributed by atoms with van der Waals surface area (Å²) in [5.74, 6) is 1.73. The molecule has 1 heterocycles. The van der Waals surface area contributed by atoms with Crippen LogP contribution in [0.5, 0.6) is 5.75 Å². The molecule has 5 heteroatoms. The minimum absolute atomic E-state index is 0.0774. The minimum atomic E-state index is -0.0774. The summed E-state index contributed by atoms with van der Waals surface area (Å²) in [6.07, 6.45) is 2.42. The average molecular weight is 333 g/mol. The Labute approximate surface area is 145 Å². The van der Waals surface area contributed by atoms with Crippen molar-refractivity contribution in [2.45, 2.75) is 58.8 Å². The second-order valence-electron chi connectivity index (χ2n) is 6.76. The molecule has 2 N–H and O–H groups in total. The molecule has 0 bridgehead atoms. The molecule has 1 aromatic carbocycles. The number of guanidine groups is 1. The van der Waals surface area contributed by atoms with Gasteiger partial charge in [0.25, 0.3) is 0 Å². The highest BCUT2D eigenvalue weighted by atomic mass is 16.5. The zero-order chi connectivity index (χ0) is 17.4. The molecule has 0 aliphatic carbocycles. The molecule has 1 aliphatic rings. The first kappa shape index (κ1) is 18.6. The molecule has 1 atom stereocenters. The molecule has 5 nitrogen and oxygen atoms in total. The van der Waals surface area contributed by atoms with E-state index in [1.54, 1.807) is 0 Å². The highest BCUT2D eigenvalue weighted by Gasteiger charge is 2.29. The van der Waals surface area contributed by atoms with Crippen LogP contribution in [-0.2, 0) is 11.3 Å². The molecule has 1 unspecified atom stereocenters. The standard InChI is InChI=1S/C19H31N3O2/c1-5-20-18(22-14-19(4)11-6-12-23-19)21-13-16-7-9-17(10-8-16)24-15(2)3/h7-10,15H,5-6,11-14H2,1-4H3,(H2,20,21,22). The van der Waals surface area contributed by atoms with Gasteiger partial charge in [0.05, 0.1) is 18.2 Å². The van der Waals surface area contributed by atoms with Crippen molar-refractivity contribution in [3.8, 4) is 5.75 Å². The minimum Gasteiger partial charge on any atom is -0.491 e. The van der Waals surface area contributed by atoms with Crippen molar-refractivity contribution in [1.29, 1.82) is 0 Å². The van der Waals surface area contributed by atoms with E-state index in [1.165, 1.54) is 0 Å². The van der Waals surface area contributed by atoms with Crippen LogP contribution in [-0.4, -0.2) is 37.4 Å². The van der Waals surface area contributed by atoms with Crippen molar-refractivity contribution < 1.29 is 9.47 Å². The van der Waals surface area contributed by atoms with E-state index in [4.69, 9.17) is 9.47 Å². The molecule has 1 fully saturated rings. The number of nitrogens with one attached hydrogen (secondary N) is 2. The van der Waals surface area contributed by atoms with Crippen molar-refractivity contribution in [3.63, 3.8) is 0 Å². The van der Waals surface area contributed by atoms with E-state index < -0.39 is 0 Å². The predicted molar refractivity (Wildman–Crippen MR) is 98.6 cm³/mol. The largest absolute Gasteiger partial charge is 0.491 e. The number of rotatable bonds is 7. The van der Waals surface area contributed by atoms with Gasteiger partial charge >= 0.3 is 0 Å². The second-order valence-corrected chi connectivity index (χ2v) is 6.76. The summed E-state index contributed by atoms with van der Waals surface area (Å²) in [6, 6.07) is 8.12. The fraction of sp³-hybridized carbons (Fsp3) is 0.632. The summed E-state index contributed by atoms with van der Waals surface area (Å²) >= 11 is 0. The molecule has 24 heavy (non-hydrogen) atoms. The maximum absolute atomic E-state index is 5.82. The van der Waals surface area contributed by atoms with Gasteiger partial charge in [0.15, 0.2) is 5.96 Å². The summed E-state index contributed by atoms with van der Waals surface area (Å²) < 4.78 is 11.5. The molecular formula is C19H31N3O2. The van der Waals surface area contributed by atoms with Crippen LogP contribution in [0.15, 0.2) is 29.3 Å². The normalized spacial score (nSPS) is 21.1. The van der Waals surface area contributed by atoms with Crippen LogP contribution in [0.4, 0.5) is 0 Å². The first-order valence-corrected chi connectivity index (χ1v) is 8.92. The number of benzene rings is 1. The second kappa shape index (κ2) is 8.92. The molecule has 0 saturated carbocycles. The number of ether oxygens (including phenoxy) is 2. The molecule has 1 aromatic rings. The van der Waals surface area contributed by atoms with E-state index in [-0.39, 0.29) is 11.7 Å². The molecule has 0 radical (unpaired) electrons. The highest BCUT2D eigenvalue weighted by Crippen LogP contribution is 2.23. The highest BCUT2D eigenvalue weighted by molar-refractivity contribution is 5.79. The predicted octanol–water partition coefficient (Wildman–Crippen LogP) is 3.10. The zero-order valence-corrected chi connectivity index (χ0v) is 15.4. The van der Waals surface area contributed by atoms with Gasteiger partial charge in [0.2, 0.25) is 0 Å². The Hall–Kier alpha value is -1.75. The number of hydrogen-bond donors (Lipinski definition) is 2. The lowest BCUT2D eigenvalue weighted by atomic mass is 10.0. The Morgan fingerprint density at radius 3 is 2.62 bits per heavy atom. The first-order valence-electron chi connectivity index (χ1n) is 8.92. The van der Waals surface area contributed by atoms with E-state index >= 15 is 0 Å². The Bertz CT molecular complexity index is 520. The molecule has 134 valence electrons. The van der Waals surface area contributed by atoms with Crippen LogP contribution in [0.3, 0.4) is 0 Å². The topological polar surface area (TPSA) is 54.9 Å². The molecule has 0 spiro atoms. The van der Waals surface area contributed by atoms with Gasteiger partial charge in [-0.2, -0.15) is 0 Å². The van der Waals surface area contributed by atoms with Crippen LogP contribution in [0.25, 0.3) is 0 Å². The molecular weight excluding hydrogens is 302 g/mol. The number of nitrogens with zero attached hydrogens (tertiary/aromatic N) is 1. The zero-order valence-electron chi connectivity index (χ0n) is 15.4. The van der Waals surface area contributed by atoms with Crippen molar-refractivity contribution in [3.05, 3.63) is 29.8 Å². The van der Waals surface area contributed by atoms with Gasteiger partial charge in [0.1, 0.15) is 5.75 Å². The number of aliphatic imine (C=N–C) groups is 1. The average Bonchev–Trinajstić information content (AvgIpc) is 2.98. The lowest BCUT2D eigenvalue weighted by Gasteiger charge is -2.24. The van der Waals surface area contributed by atoms with Crippen LogP contribution in [0, 0.1) is 0 Å². The Balaban J connectivity index is 1.89. The Morgan fingerprint density at radius 1 is 1.29 bits per heavy atom. The molecule has 0 amide bonds. The van der Waals surface area contributed by atoms with Gasteiger partial charge in [-0.05, 0) is 58.2 Å².